The molecule has 0 unspecified atom stereocenters. The molecule has 224 valence electrons. The molecule has 0 spiro atoms. The molecule has 1 saturated heterocycles. The quantitative estimate of drug-likeness (QED) is 0.150. The van der Waals surface area contributed by atoms with Crippen LogP contribution in [-0.4, -0.2) is 74.6 Å². The fourth-order valence-electron chi connectivity index (χ4n) is 5.16. The Morgan fingerprint density at radius 3 is 2.46 bits per heavy atom. The number of fused-ring (bicyclic) bond motifs is 1. The van der Waals surface area contributed by atoms with Gasteiger partial charge in [-0.1, -0.05) is 38.8 Å². The number of piperidine rings is 1. The highest BCUT2D eigenvalue weighted by Crippen LogP contribution is 2.19. The predicted octanol–water partition coefficient (Wildman–Crippen LogP) is 3.96. The lowest BCUT2D eigenvalue weighted by atomic mass is 10.1. The van der Waals surface area contributed by atoms with Gasteiger partial charge in [0.15, 0.2) is 11.5 Å². The van der Waals surface area contributed by atoms with Crippen molar-refractivity contribution in [3.8, 4) is 11.8 Å². The molecule has 3 heterocycles. The fraction of sp³-hybridized carbons (Fsp3) is 0.600. The Labute approximate surface area is 242 Å². The van der Waals surface area contributed by atoms with Crippen LogP contribution in [0.5, 0.6) is 11.8 Å². The minimum atomic E-state index is -0.249. The molecule has 0 atom stereocenters. The maximum atomic E-state index is 12.8. The molecule has 1 aliphatic rings. The molecule has 0 radical (unpaired) electrons. The Hall–Kier alpha value is -3.44. The molecule has 41 heavy (non-hydrogen) atoms. The van der Waals surface area contributed by atoms with Crippen LogP contribution in [0.25, 0.3) is 11.2 Å². The number of hydrogen-bond donors (Lipinski definition) is 2. The third-order valence-corrected chi connectivity index (χ3v) is 7.46. The minimum absolute atomic E-state index is 0.198. The van der Waals surface area contributed by atoms with E-state index in [-0.39, 0.29) is 23.5 Å². The first-order chi connectivity index (χ1) is 20.0. The third-order valence-electron chi connectivity index (χ3n) is 7.46. The van der Waals surface area contributed by atoms with Gasteiger partial charge in [0.1, 0.15) is 11.3 Å². The largest absolute Gasteiger partial charge is 0.463 e. The van der Waals surface area contributed by atoms with Gasteiger partial charge in [0, 0.05) is 26.1 Å². The van der Waals surface area contributed by atoms with E-state index in [2.05, 4.69) is 31.7 Å². The number of likely N-dealkylation sites (tertiary alicyclic amines) is 1. The molecule has 3 N–H and O–H groups in total. The Morgan fingerprint density at radius 1 is 1.02 bits per heavy atom. The monoisotopic (exact) mass is 567 g/mol. The first-order valence-corrected chi connectivity index (χ1v) is 15.1. The number of anilines is 1. The molecule has 11 nitrogen and oxygen atoms in total. The number of carbonyl (C=O) groups is 1. The standard InChI is InChI=1S/C30H45N7O4/c1-3-5-21-40-29-33-27(31)26-28(34-29)37(30(39)32-26)20-10-19-36(18-9-17-35-15-7-6-8-16-35)22-23-11-13-24(14-12-23)41-25(38)4-2/h11-14H,3-10,15-22H2,1-2H3,(H,32,39)(H2,31,33,34). The van der Waals surface area contributed by atoms with Gasteiger partial charge in [-0.2, -0.15) is 9.97 Å². The number of carbonyl (C=O) groups excluding carboxylic acids is 1. The molecular formula is C30H45N7O4. The molecule has 0 aliphatic carbocycles. The van der Waals surface area contributed by atoms with Crippen molar-refractivity contribution in [2.75, 3.05) is 45.1 Å². The summed E-state index contributed by atoms with van der Waals surface area (Å²) in [6.07, 6.45) is 7.99. The molecule has 11 heteroatoms. The van der Waals surface area contributed by atoms with Crippen LogP contribution in [0.3, 0.4) is 0 Å². The van der Waals surface area contributed by atoms with Gasteiger partial charge in [0.25, 0.3) is 0 Å². The van der Waals surface area contributed by atoms with Crippen LogP contribution in [0.1, 0.15) is 70.8 Å². The van der Waals surface area contributed by atoms with E-state index in [9.17, 15) is 9.59 Å². The van der Waals surface area contributed by atoms with Crippen molar-refractivity contribution < 1.29 is 14.3 Å². The zero-order valence-electron chi connectivity index (χ0n) is 24.6. The van der Waals surface area contributed by atoms with Gasteiger partial charge >= 0.3 is 17.7 Å². The van der Waals surface area contributed by atoms with E-state index >= 15 is 0 Å². The van der Waals surface area contributed by atoms with Gasteiger partial charge in [-0.05, 0) is 76.0 Å². The van der Waals surface area contributed by atoms with Gasteiger partial charge in [0.05, 0.1) is 6.61 Å². The zero-order valence-corrected chi connectivity index (χ0v) is 24.6. The number of nitrogens with one attached hydrogen (secondary N) is 1. The number of hydrogen-bond acceptors (Lipinski definition) is 9. The van der Waals surface area contributed by atoms with E-state index in [4.69, 9.17) is 15.2 Å². The average Bonchev–Trinajstić information content (AvgIpc) is 3.30. The van der Waals surface area contributed by atoms with Crippen LogP contribution in [0, 0.1) is 0 Å². The Kier molecular flexibility index (Phi) is 11.6. The summed E-state index contributed by atoms with van der Waals surface area (Å²) < 4.78 is 12.6. The Morgan fingerprint density at radius 2 is 1.76 bits per heavy atom. The first kappa shape index (κ1) is 30.5. The zero-order chi connectivity index (χ0) is 29.0. The number of ether oxygens (including phenoxy) is 2. The van der Waals surface area contributed by atoms with E-state index in [1.165, 1.54) is 32.4 Å². The number of aryl methyl sites for hydroxylation is 1. The van der Waals surface area contributed by atoms with Crippen molar-refractivity contribution in [3.05, 3.63) is 40.3 Å². The van der Waals surface area contributed by atoms with Gasteiger partial charge in [-0.3, -0.25) is 14.3 Å². The fourth-order valence-corrected chi connectivity index (χ4v) is 5.16. The van der Waals surface area contributed by atoms with Crippen molar-refractivity contribution in [3.63, 3.8) is 0 Å². The van der Waals surface area contributed by atoms with Crippen molar-refractivity contribution in [1.82, 2.24) is 29.3 Å². The predicted molar refractivity (Wildman–Crippen MR) is 160 cm³/mol. The van der Waals surface area contributed by atoms with E-state index in [0.717, 1.165) is 57.4 Å². The van der Waals surface area contributed by atoms with Crippen molar-refractivity contribution >= 4 is 23.0 Å². The van der Waals surface area contributed by atoms with Gasteiger partial charge < -0.3 is 25.1 Å². The number of H-pyrrole nitrogens is 1. The highest BCUT2D eigenvalue weighted by molar-refractivity contribution is 5.81. The van der Waals surface area contributed by atoms with Crippen LogP contribution in [-0.2, 0) is 17.9 Å². The lowest BCUT2D eigenvalue weighted by Crippen LogP contribution is -2.34. The van der Waals surface area contributed by atoms with Crippen LogP contribution in [0.15, 0.2) is 29.1 Å². The number of imidazole rings is 1. The van der Waals surface area contributed by atoms with Gasteiger partial charge in [0.2, 0.25) is 0 Å². The molecule has 1 aromatic carbocycles. The normalized spacial score (nSPS) is 14.1. The lowest BCUT2D eigenvalue weighted by molar-refractivity contribution is -0.134. The highest BCUT2D eigenvalue weighted by atomic mass is 16.5. The molecule has 1 aliphatic heterocycles. The summed E-state index contributed by atoms with van der Waals surface area (Å²) in [5, 5.41) is 0. The topological polar surface area (TPSA) is 132 Å². The molecular weight excluding hydrogens is 522 g/mol. The summed E-state index contributed by atoms with van der Waals surface area (Å²) in [6.45, 7) is 10.9. The molecule has 0 saturated carbocycles. The molecule has 1 fully saturated rings. The summed E-state index contributed by atoms with van der Waals surface area (Å²) in [4.78, 5) is 40.9. The maximum absolute atomic E-state index is 12.8. The summed E-state index contributed by atoms with van der Waals surface area (Å²) in [7, 11) is 0. The third kappa shape index (κ3) is 9.02. The summed E-state index contributed by atoms with van der Waals surface area (Å²) in [5.74, 6) is 0.538. The van der Waals surface area contributed by atoms with Crippen LogP contribution < -0.4 is 20.9 Å². The Balaban J connectivity index is 1.40. The maximum Gasteiger partial charge on any atom is 0.327 e. The number of aromatic nitrogens is 4. The van der Waals surface area contributed by atoms with E-state index in [1.54, 1.807) is 11.5 Å². The van der Waals surface area contributed by atoms with Crippen molar-refractivity contribution in [2.24, 2.45) is 0 Å². The SMILES string of the molecule is CCCCOc1nc(N)c2[nH]c(=O)n(CCCN(CCCN3CCCCC3)Cc3ccc(OC(=O)CC)cc3)c2n1. The number of esters is 1. The number of unbranched alkanes of at least 4 members (excludes halogenated alkanes) is 1. The second kappa shape index (κ2) is 15.5. The number of aromatic amines is 1. The molecule has 4 rings (SSSR count). The molecule has 3 aromatic rings. The number of rotatable bonds is 16. The second-order valence-corrected chi connectivity index (χ2v) is 10.7. The summed E-state index contributed by atoms with van der Waals surface area (Å²) in [6, 6.07) is 7.93. The lowest BCUT2D eigenvalue weighted by Gasteiger charge is -2.28. The first-order valence-electron chi connectivity index (χ1n) is 15.1. The summed E-state index contributed by atoms with van der Waals surface area (Å²) >= 11 is 0. The van der Waals surface area contributed by atoms with Crippen LogP contribution in [0.2, 0.25) is 0 Å². The minimum Gasteiger partial charge on any atom is -0.463 e. The van der Waals surface area contributed by atoms with E-state index in [0.29, 0.717) is 36.5 Å². The highest BCUT2D eigenvalue weighted by Gasteiger charge is 2.16. The van der Waals surface area contributed by atoms with Crippen molar-refractivity contribution in [1.29, 1.82) is 0 Å². The van der Waals surface area contributed by atoms with Crippen LogP contribution >= 0.6 is 0 Å². The van der Waals surface area contributed by atoms with Crippen molar-refractivity contribution in [2.45, 2.75) is 78.3 Å². The number of benzene rings is 1. The smallest absolute Gasteiger partial charge is 0.327 e. The summed E-state index contributed by atoms with van der Waals surface area (Å²) in [5.41, 5.74) is 7.93. The number of nitrogens with two attached hydrogens (primary N) is 1. The number of nitrogen functional groups attached to an aromatic ring is 1. The van der Waals surface area contributed by atoms with E-state index in [1.807, 2.05) is 24.3 Å². The average molecular weight is 568 g/mol. The number of nitrogens with zero attached hydrogens (tertiary/aromatic N) is 5. The van der Waals surface area contributed by atoms with Gasteiger partial charge in [-0.25, -0.2) is 4.79 Å². The Bertz CT molecular complexity index is 1300. The second-order valence-electron chi connectivity index (χ2n) is 10.7. The van der Waals surface area contributed by atoms with Crippen LogP contribution in [0.4, 0.5) is 5.82 Å². The van der Waals surface area contributed by atoms with E-state index < -0.39 is 0 Å². The molecule has 0 amide bonds. The molecule has 2 aromatic heterocycles. The van der Waals surface area contributed by atoms with Gasteiger partial charge in [-0.15, -0.1) is 0 Å². The molecule has 0 bridgehead atoms.